The van der Waals surface area contributed by atoms with Gasteiger partial charge in [-0.15, -0.1) is 0 Å². The summed E-state index contributed by atoms with van der Waals surface area (Å²) in [5.74, 6) is -0.272. The lowest BCUT2D eigenvalue weighted by Crippen LogP contribution is -2.30. The van der Waals surface area contributed by atoms with Crippen molar-refractivity contribution >= 4 is 21.6 Å². The number of aryl methyl sites for hydroxylation is 1. The van der Waals surface area contributed by atoms with Crippen LogP contribution in [0.3, 0.4) is 0 Å². The summed E-state index contributed by atoms with van der Waals surface area (Å²) < 4.78 is 25.1. The third-order valence-electron chi connectivity index (χ3n) is 4.85. The lowest BCUT2D eigenvalue weighted by atomic mass is 9.98. The number of sulfonamides is 1. The molecule has 150 valence electrons. The van der Waals surface area contributed by atoms with E-state index in [1.165, 1.54) is 11.4 Å². The van der Waals surface area contributed by atoms with Gasteiger partial charge in [0.2, 0.25) is 10.0 Å². The molecule has 0 heterocycles. The second kappa shape index (κ2) is 8.49. The first-order valence-electron chi connectivity index (χ1n) is 9.22. The maximum atomic E-state index is 13.1. The van der Waals surface area contributed by atoms with E-state index in [1.54, 1.807) is 18.2 Å². The van der Waals surface area contributed by atoms with Crippen molar-refractivity contribution in [3.63, 3.8) is 0 Å². The summed E-state index contributed by atoms with van der Waals surface area (Å²) in [7, 11) is -1.95. The highest BCUT2D eigenvalue weighted by molar-refractivity contribution is 7.92. The second-order valence-electron chi connectivity index (χ2n) is 6.96. The van der Waals surface area contributed by atoms with Gasteiger partial charge in [0.1, 0.15) is 0 Å². The van der Waals surface area contributed by atoms with Crippen LogP contribution in [-0.4, -0.2) is 27.6 Å². The average molecular weight is 409 g/mol. The Bertz CT molecular complexity index is 1060. The Morgan fingerprint density at radius 3 is 1.90 bits per heavy atom. The van der Waals surface area contributed by atoms with Crippen molar-refractivity contribution in [2.45, 2.75) is 13.0 Å². The van der Waals surface area contributed by atoms with Crippen LogP contribution < -0.4 is 9.62 Å². The van der Waals surface area contributed by atoms with Crippen LogP contribution in [0.5, 0.6) is 0 Å². The fourth-order valence-electron chi connectivity index (χ4n) is 3.13. The summed E-state index contributed by atoms with van der Waals surface area (Å²) in [5.41, 5.74) is 3.59. The Labute approximate surface area is 172 Å². The minimum atomic E-state index is -3.43. The molecular formula is C23H24N2O3S. The van der Waals surface area contributed by atoms with E-state index in [1.807, 2.05) is 67.6 Å². The van der Waals surface area contributed by atoms with Crippen LogP contribution >= 0.6 is 0 Å². The van der Waals surface area contributed by atoms with Crippen molar-refractivity contribution in [3.05, 3.63) is 101 Å². The van der Waals surface area contributed by atoms with E-state index in [4.69, 9.17) is 0 Å². The van der Waals surface area contributed by atoms with Crippen molar-refractivity contribution in [3.8, 4) is 0 Å². The van der Waals surface area contributed by atoms with Crippen molar-refractivity contribution < 1.29 is 13.2 Å². The smallest absolute Gasteiger partial charge is 0.252 e. The number of carbonyl (C=O) groups excluding carboxylic acids is 1. The third kappa shape index (κ3) is 4.84. The van der Waals surface area contributed by atoms with Crippen LogP contribution in [0.15, 0.2) is 78.9 Å². The molecule has 6 heteroatoms. The number of amides is 1. The quantitative estimate of drug-likeness (QED) is 0.672. The molecule has 0 spiro atoms. The lowest BCUT2D eigenvalue weighted by Gasteiger charge is -2.22. The minimum absolute atomic E-state index is 0.272. The number of carbonyl (C=O) groups is 1. The molecule has 1 amide bonds. The summed E-state index contributed by atoms with van der Waals surface area (Å²) in [6, 6.07) is 24.2. The van der Waals surface area contributed by atoms with Crippen molar-refractivity contribution in [1.29, 1.82) is 0 Å². The molecule has 0 radical (unpaired) electrons. The molecule has 3 aromatic rings. The zero-order valence-electron chi connectivity index (χ0n) is 16.7. The molecule has 0 aliphatic rings. The number of hydrogen-bond acceptors (Lipinski definition) is 3. The van der Waals surface area contributed by atoms with Crippen molar-refractivity contribution in [2.24, 2.45) is 0 Å². The van der Waals surface area contributed by atoms with Crippen LogP contribution in [0.1, 0.15) is 33.1 Å². The molecule has 0 saturated heterocycles. The number of anilines is 1. The Morgan fingerprint density at radius 2 is 1.41 bits per heavy atom. The number of hydrogen-bond donors (Lipinski definition) is 1. The van der Waals surface area contributed by atoms with Gasteiger partial charge in [-0.3, -0.25) is 9.10 Å². The van der Waals surface area contributed by atoms with Crippen LogP contribution in [0, 0.1) is 6.92 Å². The summed E-state index contributed by atoms with van der Waals surface area (Å²) in [4.78, 5) is 13.1. The molecule has 0 atom stereocenters. The van der Waals surface area contributed by atoms with Gasteiger partial charge in [-0.05, 0) is 35.7 Å². The molecule has 1 N–H and O–H groups in total. The van der Waals surface area contributed by atoms with Crippen molar-refractivity contribution in [1.82, 2.24) is 5.32 Å². The summed E-state index contributed by atoms with van der Waals surface area (Å²) in [5, 5.41) is 3.08. The molecule has 29 heavy (non-hydrogen) atoms. The van der Waals surface area contributed by atoms with Gasteiger partial charge in [0.25, 0.3) is 5.91 Å². The molecule has 0 unspecified atom stereocenters. The normalized spacial score (nSPS) is 11.3. The van der Waals surface area contributed by atoms with E-state index in [0.717, 1.165) is 22.9 Å². The van der Waals surface area contributed by atoms with Crippen molar-refractivity contribution in [2.75, 3.05) is 17.6 Å². The first-order valence-corrected chi connectivity index (χ1v) is 11.1. The number of benzene rings is 3. The second-order valence-corrected chi connectivity index (χ2v) is 8.97. The van der Waals surface area contributed by atoms with E-state index >= 15 is 0 Å². The first kappa shape index (κ1) is 20.6. The van der Waals surface area contributed by atoms with E-state index < -0.39 is 10.0 Å². The van der Waals surface area contributed by atoms with Crippen LogP contribution in [0.2, 0.25) is 0 Å². The van der Waals surface area contributed by atoms with Gasteiger partial charge in [-0.1, -0.05) is 66.7 Å². The van der Waals surface area contributed by atoms with Gasteiger partial charge in [0, 0.05) is 12.6 Å². The van der Waals surface area contributed by atoms with Gasteiger partial charge in [-0.25, -0.2) is 8.42 Å². The minimum Gasteiger partial charge on any atom is -0.341 e. The topological polar surface area (TPSA) is 66.5 Å². The van der Waals surface area contributed by atoms with Gasteiger partial charge < -0.3 is 5.32 Å². The number of nitrogens with one attached hydrogen (secondary N) is 1. The summed E-state index contributed by atoms with van der Waals surface area (Å²) >= 11 is 0. The van der Waals surface area contributed by atoms with Gasteiger partial charge in [0.05, 0.1) is 18.0 Å². The third-order valence-corrected chi connectivity index (χ3v) is 6.04. The highest BCUT2D eigenvalue weighted by Crippen LogP contribution is 2.25. The Morgan fingerprint density at radius 1 is 0.897 bits per heavy atom. The highest BCUT2D eigenvalue weighted by Gasteiger charge is 2.20. The highest BCUT2D eigenvalue weighted by atomic mass is 32.2. The molecule has 3 rings (SSSR count). The maximum absolute atomic E-state index is 13.1. The van der Waals surface area contributed by atoms with Crippen LogP contribution in [0.4, 0.5) is 5.69 Å². The molecule has 3 aromatic carbocycles. The van der Waals surface area contributed by atoms with Gasteiger partial charge in [0.15, 0.2) is 0 Å². The van der Waals surface area contributed by atoms with E-state index in [9.17, 15) is 13.2 Å². The summed E-state index contributed by atoms with van der Waals surface area (Å²) in [6.07, 6.45) is 1.14. The predicted octanol–water partition coefficient (Wildman–Crippen LogP) is 3.91. The molecule has 0 bridgehead atoms. The average Bonchev–Trinajstić information content (AvgIpc) is 2.72. The zero-order valence-corrected chi connectivity index (χ0v) is 17.5. The Hall–Kier alpha value is -3.12. The Kier molecular flexibility index (Phi) is 6.03. The lowest BCUT2D eigenvalue weighted by molar-refractivity contribution is 0.0943. The molecule has 5 nitrogen and oxygen atoms in total. The SMILES string of the molecule is Cc1ccc(C(=O)NC(c2ccccc2)c2ccccc2)cc1N(C)S(C)(=O)=O. The molecule has 0 aliphatic carbocycles. The van der Waals surface area contributed by atoms with E-state index in [-0.39, 0.29) is 11.9 Å². The molecule has 0 fully saturated rings. The van der Waals surface area contributed by atoms with E-state index in [2.05, 4.69) is 5.32 Å². The van der Waals surface area contributed by atoms with Crippen LogP contribution in [-0.2, 0) is 10.0 Å². The fraction of sp³-hybridized carbons (Fsp3) is 0.174. The predicted molar refractivity (Wildman–Crippen MR) is 117 cm³/mol. The Balaban J connectivity index is 1.95. The molecule has 0 aliphatic heterocycles. The van der Waals surface area contributed by atoms with Gasteiger partial charge >= 0.3 is 0 Å². The summed E-state index contributed by atoms with van der Waals surface area (Å²) in [6.45, 7) is 1.81. The molecule has 0 saturated carbocycles. The molecular weight excluding hydrogens is 384 g/mol. The largest absolute Gasteiger partial charge is 0.341 e. The zero-order chi connectivity index (χ0) is 21.0. The monoisotopic (exact) mass is 408 g/mol. The fourth-order valence-corrected chi connectivity index (χ4v) is 3.69. The maximum Gasteiger partial charge on any atom is 0.252 e. The number of nitrogens with zero attached hydrogens (tertiary/aromatic N) is 1. The molecule has 0 aromatic heterocycles. The van der Waals surface area contributed by atoms with E-state index in [0.29, 0.717) is 11.3 Å². The van der Waals surface area contributed by atoms with Crippen LogP contribution in [0.25, 0.3) is 0 Å². The van der Waals surface area contributed by atoms with Gasteiger partial charge in [-0.2, -0.15) is 0 Å². The first-order chi connectivity index (χ1) is 13.8. The number of rotatable bonds is 6. The standard InChI is InChI=1S/C23H24N2O3S/c1-17-14-15-20(16-21(17)25(2)29(3,27)28)23(26)24-22(18-10-6-4-7-11-18)19-12-8-5-9-13-19/h4-16,22H,1-3H3,(H,24,26).